The lowest BCUT2D eigenvalue weighted by Crippen LogP contribution is -2.40. The molecule has 1 aliphatic heterocycles. The second-order valence-electron chi connectivity index (χ2n) is 4.95. The van der Waals surface area contributed by atoms with Crippen LogP contribution in [0.15, 0.2) is 18.2 Å². The smallest absolute Gasteiger partial charge is 0.260 e. The summed E-state index contributed by atoms with van der Waals surface area (Å²) in [4.78, 5) is 11.7. The van der Waals surface area contributed by atoms with E-state index in [2.05, 4.69) is 5.32 Å². The number of hydrogen-bond donors (Lipinski definition) is 2. The molecular weight excluding hydrogens is 246 g/mol. The van der Waals surface area contributed by atoms with E-state index in [-0.39, 0.29) is 18.6 Å². The summed E-state index contributed by atoms with van der Waals surface area (Å²) in [6.45, 7) is 5.76. The zero-order valence-corrected chi connectivity index (χ0v) is 11.3. The zero-order valence-electron chi connectivity index (χ0n) is 11.3. The molecule has 19 heavy (non-hydrogen) atoms. The topological polar surface area (TPSA) is 67.8 Å². The van der Waals surface area contributed by atoms with E-state index in [0.29, 0.717) is 11.5 Å². The fourth-order valence-corrected chi connectivity index (χ4v) is 1.91. The third-order valence-electron chi connectivity index (χ3n) is 2.85. The zero-order chi connectivity index (χ0) is 14.0. The van der Waals surface area contributed by atoms with Crippen LogP contribution in [0.25, 0.3) is 0 Å². The van der Waals surface area contributed by atoms with Gasteiger partial charge in [0.1, 0.15) is 24.2 Å². The van der Waals surface area contributed by atoms with Gasteiger partial charge in [-0.3, -0.25) is 4.79 Å². The molecule has 2 atom stereocenters. The fraction of sp³-hybridized carbons (Fsp3) is 0.500. The lowest BCUT2D eigenvalue weighted by molar-refractivity contribution is -0.127. The van der Waals surface area contributed by atoms with Crippen molar-refractivity contribution in [3.63, 3.8) is 0 Å². The molecule has 0 aromatic heterocycles. The second kappa shape index (κ2) is 5.48. The van der Waals surface area contributed by atoms with E-state index in [1.807, 2.05) is 13.8 Å². The van der Waals surface area contributed by atoms with Gasteiger partial charge >= 0.3 is 0 Å². The highest BCUT2D eigenvalue weighted by atomic mass is 16.5. The molecule has 1 amide bonds. The molecule has 104 valence electrons. The molecule has 2 N–H and O–H groups in total. The van der Waals surface area contributed by atoms with Crippen LogP contribution in [0.2, 0.25) is 0 Å². The number of fused-ring (bicyclic) bond motifs is 1. The number of benzene rings is 1. The Kier molecular flexibility index (Phi) is 3.95. The first-order valence-corrected chi connectivity index (χ1v) is 6.39. The molecule has 1 aromatic carbocycles. The summed E-state index contributed by atoms with van der Waals surface area (Å²) < 4.78 is 10.9. The molecule has 1 aromatic rings. The second-order valence-corrected chi connectivity index (χ2v) is 4.95. The van der Waals surface area contributed by atoms with Crippen LogP contribution in [-0.2, 0) is 4.79 Å². The van der Waals surface area contributed by atoms with Crippen molar-refractivity contribution in [3.8, 4) is 11.5 Å². The molecule has 0 bridgehead atoms. The fourth-order valence-electron chi connectivity index (χ4n) is 1.91. The maximum Gasteiger partial charge on any atom is 0.260 e. The number of aliphatic hydroxyl groups excluding tert-OH is 1. The van der Waals surface area contributed by atoms with Crippen molar-refractivity contribution < 1.29 is 19.4 Å². The molecule has 0 saturated carbocycles. The van der Waals surface area contributed by atoms with Gasteiger partial charge < -0.3 is 19.9 Å². The van der Waals surface area contributed by atoms with Gasteiger partial charge in [-0.05, 0) is 32.9 Å². The highest BCUT2D eigenvalue weighted by molar-refractivity contribution is 5.80. The Labute approximate surface area is 112 Å². The molecule has 2 unspecified atom stereocenters. The molecular formula is C14H19NO4. The first-order chi connectivity index (χ1) is 8.97. The predicted molar refractivity (Wildman–Crippen MR) is 70.3 cm³/mol. The van der Waals surface area contributed by atoms with Crippen molar-refractivity contribution in [2.75, 3.05) is 6.61 Å². The summed E-state index contributed by atoms with van der Waals surface area (Å²) in [5.74, 6) is 1.01. The number of hydrogen-bond acceptors (Lipinski definition) is 4. The molecule has 0 spiro atoms. The van der Waals surface area contributed by atoms with Crippen molar-refractivity contribution in [1.29, 1.82) is 0 Å². The standard InChI is InChI=1S/C14H19NO4/c1-8(2)15-14(17)9(3)19-10-4-5-11-12(16)7-18-13(11)6-10/h4-6,8-9,12,16H,7H2,1-3H3,(H,15,17). The van der Waals surface area contributed by atoms with Crippen LogP contribution in [0.1, 0.15) is 32.4 Å². The summed E-state index contributed by atoms with van der Waals surface area (Å²) in [5.41, 5.74) is 0.756. The van der Waals surface area contributed by atoms with E-state index in [9.17, 15) is 9.90 Å². The van der Waals surface area contributed by atoms with Crippen molar-refractivity contribution >= 4 is 5.91 Å². The van der Waals surface area contributed by atoms with Crippen molar-refractivity contribution in [3.05, 3.63) is 23.8 Å². The predicted octanol–water partition coefficient (Wildman–Crippen LogP) is 1.40. The van der Waals surface area contributed by atoms with Crippen LogP contribution in [0.5, 0.6) is 11.5 Å². The number of carbonyl (C=O) groups excluding carboxylic acids is 1. The van der Waals surface area contributed by atoms with Gasteiger partial charge in [0.15, 0.2) is 6.10 Å². The Hall–Kier alpha value is -1.75. The average Bonchev–Trinajstić information content (AvgIpc) is 2.70. The van der Waals surface area contributed by atoms with E-state index in [0.717, 1.165) is 5.56 Å². The maximum absolute atomic E-state index is 11.7. The Morgan fingerprint density at radius 3 is 2.89 bits per heavy atom. The Bertz CT molecular complexity index is 473. The van der Waals surface area contributed by atoms with E-state index in [4.69, 9.17) is 9.47 Å². The molecule has 5 heteroatoms. The first kappa shape index (κ1) is 13.7. The minimum atomic E-state index is -0.578. The van der Waals surface area contributed by atoms with Crippen LogP contribution >= 0.6 is 0 Å². The highest BCUT2D eigenvalue weighted by Gasteiger charge is 2.23. The van der Waals surface area contributed by atoms with Crippen LogP contribution in [0.3, 0.4) is 0 Å². The van der Waals surface area contributed by atoms with Gasteiger partial charge in [-0.15, -0.1) is 0 Å². The van der Waals surface area contributed by atoms with E-state index in [1.165, 1.54) is 0 Å². The third-order valence-corrected chi connectivity index (χ3v) is 2.85. The molecule has 1 heterocycles. The Morgan fingerprint density at radius 1 is 1.47 bits per heavy atom. The highest BCUT2D eigenvalue weighted by Crippen LogP contribution is 2.35. The lowest BCUT2D eigenvalue weighted by Gasteiger charge is -2.16. The van der Waals surface area contributed by atoms with Gasteiger partial charge in [-0.2, -0.15) is 0 Å². The van der Waals surface area contributed by atoms with Crippen molar-refractivity contribution in [1.82, 2.24) is 5.32 Å². The summed E-state index contributed by atoms with van der Waals surface area (Å²) in [6.07, 6.45) is -1.16. The Morgan fingerprint density at radius 2 is 2.21 bits per heavy atom. The van der Waals surface area contributed by atoms with Crippen molar-refractivity contribution in [2.24, 2.45) is 0 Å². The van der Waals surface area contributed by atoms with Crippen molar-refractivity contribution in [2.45, 2.75) is 39.0 Å². The van der Waals surface area contributed by atoms with Crippen LogP contribution in [0, 0.1) is 0 Å². The Balaban J connectivity index is 2.02. The maximum atomic E-state index is 11.7. The van der Waals surface area contributed by atoms with E-state index >= 15 is 0 Å². The van der Waals surface area contributed by atoms with Gasteiger partial charge in [0.05, 0.1) is 0 Å². The molecule has 0 fully saturated rings. The van der Waals surface area contributed by atoms with Gasteiger partial charge in [-0.25, -0.2) is 0 Å². The number of rotatable bonds is 4. The van der Waals surface area contributed by atoms with E-state index < -0.39 is 12.2 Å². The quantitative estimate of drug-likeness (QED) is 0.863. The third kappa shape index (κ3) is 3.17. The van der Waals surface area contributed by atoms with E-state index in [1.54, 1.807) is 25.1 Å². The number of aliphatic hydroxyl groups is 1. The van der Waals surface area contributed by atoms with Crippen LogP contribution < -0.4 is 14.8 Å². The summed E-state index contributed by atoms with van der Waals surface area (Å²) in [7, 11) is 0. The minimum Gasteiger partial charge on any atom is -0.490 e. The number of ether oxygens (including phenoxy) is 2. The summed E-state index contributed by atoms with van der Waals surface area (Å²) in [5, 5.41) is 12.4. The van der Waals surface area contributed by atoms with Gasteiger partial charge in [0.2, 0.25) is 0 Å². The first-order valence-electron chi connectivity index (χ1n) is 6.39. The normalized spacial score (nSPS) is 18.7. The number of amides is 1. The number of carbonyl (C=O) groups is 1. The summed E-state index contributed by atoms with van der Waals surface area (Å²) in [6, 6.07) is 5.27. The van der Waals surface area contributed by atoms with Gasteiger partial charge in [0, 0.05) is 17.7 Å². The molecule has 5 nitrogen and oxygen atoms in total. The molecule has 2 rings (SSSR count). The largest absolute Gasteiger partial charge is 0.490 e. The molecule has 0 saturated heterocycles. The van der Waals surface area contributed by atoms with Gasteiger partial charge in [0.25, 0.3) is 5.91 Å². The minimum absolute atomic E-state index is 0.0806. The van der Waals surface area contributed by atoms with Crippen LogP contribution in [-0.4, -0.2) is 29.8 Å². The molecule has 1 aliphatic rings. The lowest BCUT2D eigenvalue weighted by atomic mass is 10.1. The monoisotopic (exact) mass is 265 g/mol. The molecule has 0 radical (unpaired) electrons. The number of nitrogens with one attached hydrogen (secondary N) is 1. The SMILES string of the molecule is CC(C)NC(=O)C(C)Oc1ccc2c(c1)OCC2O. The van der Waals surface area contributed by atoms with Crippen LogP contribution in [0.4, 0.5) is 0 Å². The van der Waals surface area contributed by atoms with Gasteiger partial charge in [-0.1, -0.05) is 0 Å². The summed E-state index contributed by atoms with van der Waals surface area (Å²) >= 11 is 0. The average molecular weight is 265 g/mol. The molecule has 0 aliphatic carbocycles.